The summed E-state index contributed by atoms with van der Waals surface area (Å²) in [5.41, 5.74) is 0. The third kappa shape index (κ3) is 2.66. The van der Waals surface area contributed by atoms with Crippen molar-refractivity contribution < 1.29 is 8.42 Å². The molecule has 0 amide bonds. The zero-order valence-corrected chi connectivity index (χ0v) is 12.1. The number of hydrogen-bond acceptors (Lipinski definition) is 3. The molecule has 1 aliphatic rings. The summed E-state index contributed by atoms with van der Waals surface area (Å²) in [5, 5.41) is 3.36. The normalized spacial score (nSPS) is 18.2. The SMILES string of the molecule is O=S(=O)(c1c(Cl)cccc1Br)N1CCNCC1. The lowest BCUT2D eigenvalue weighted by Gasteiger charge is -2.27. The highest BCUT2D eigenvalue weighted by Gasteiger charge is 2.29. The van der Waals surface area contributed by atoms with E-state index in [0.29, 0.717) is 30.7 Å². The Morgan fingerprint density at radius 3 is 2.53 bits per heavy atom. The lowest BCUT2D eigenvalue weighted by molar-refractivity contribution is 0.360. The van der Waals surface area contributed by atoms with Gasteiger partial charge in [0, 0.05) is 30.7 Å². The highest BCUT2D eigenvalue weighted by atomic mass is 79.9. The minimum atomic E-state index is -3.51. The quantitative estimate of drug-likeness (QED) is 0.892. The maximum absolute atomic E-state index is 12.4. The van der Waals surface area contributed by atoms with Gasteiger partial charge in [0.2, 0.25) is 10.0 Å². The van der Waals surface area contributed by atoms with E-state index in [0.717, 1.165) is 0 Å². The predicted octanol–water partition coefficient (Wildman–Crippen LogP) is 1.70. The van der Waals surface area contributed by atoms with Gasteiger partial charge in [0.15, 0.2) is 0 Å². The van der Waals surface area contributed by atoms with Crippen molar-refractivity contribution in [1.82, 2.24) is 9.62 Å². The molecule has 1 aliphatic heterocycles. The molecule has 1 heterocycles. The summed E-state index contributed by atoms with van der Waals surface area (Å²) in [6.07, 6.45) is 0. The number of nitrogens with zero attached hydrogens (tertiary/aromatic N) is 1. The fraction of sp³-hybridized carbons (Fsp3) is 0.400. The van der Waals surface area contributed by atoms with Gasteiger partial charge in [0.1, 0.15) is 4.90 Å². The molecule has 1 fully saturated rings. The molecule has 17 heavy (non-hydrogen) atoms. The lowest BCUT2D eigenvalue weighted by Crippen LogP contribution is -2.46. The second-order valence-corrected chi connectivity index (χ2v) is 6.84. The van der Waals surface area contributed by atoms with E-state index in [2.05, 4.69) is 21.2 Å². The summed E-state index contributed by atoms with van der Waals surface area (Å²) in [6, 6.07) is 4.98. The first kappa shape index (κ1) is 13.3. The highest BCUT2D eigenvalue weighted by molar-refractivity contribution is 9.10. The van der Waals surface area contributed by atoms with Crippen molar-refractivity contribution in [2.24, 2.45) is 0 Å². The van der Waals surface area contributed by atoms with Gasteiger partial charge in [-0.25, -0.2) is 8.42 Å². The molecular weight excluding hydrogens is 328 g/mol. The van der Waals surface area contributed by atoms with Crippen molar-refractivity contribution in [2.45, 2.75) is 4.90 Å². The first-order chi connectivity index (χ1) is 8.03. The molecule has 4 nitrogen and oxygen atoms in total. The number of piperazine rings is 1. The number of hydrogen-bond donors (Lipinski definition) is 1. The molecule has 1 aromatic carbocycles. The number of sulfonamides is 1. The summed E-state index contributed by atoms with van der Waals surface area (Å²) in [4.78, 5) is 0.156. The van der Waals surface area contributed by atoms with Crippen LogP contribution in [0.15, 0.2) is 27.6 Å². The van der Waals surface area contributed by atoms with Crippen LogP contribution >= 0.6 is 27.5 Å². The monoisotopic (exact) mass is 338 g/mol. The maximum Gasteiger partial charge on any atom is 0.245 e. The average Bonchev–Trinajstić information content (AvgIpc) is 2.29. The van der Waals surface area contributed by atoms with Gasteiger partial charge in [-0.1, -0.05) is 17.7 Å². The highest BCUT2D eigenvalue weighted by Crippen LogP contribution is 2.31. The van der Waals surface area contributed by atoms with Crippen LogP contribution in [0.25, 0.3) is 0 Å². The van der Waals surface area contributed by atoms with E-state index in [1.54, 1.807) is 18.2 Å². The third-order valence-electron chi connectivity index (χ3n) is 2.59. The smallest absolute Gasteiger partial charge is 0.245 e. The van der Waals surface area contributed by atoms with Gasteiger partial charge in [-0.2, -0.15) is 4.31 Å². The van der Waals surface area contributed by atoms with Crippen LogP contribution in [-0.4, -0.2) is 38.9 Å². The van der Waals surface area contributed by atoms with Crippen molar-refractivity contribution >= 4 is 37.6 Å². The van der Waals surface area contributed by atoms with Gasteiger partial charge in [-0.15, -0.1) is 0 Å². The Labute approximate surface area is 114 Å². The van der Waals surface area contributed by atoms with Gasteiger partial charge in [-0.3, -0.25) is 0 Å². The van der Waals surface area contributed by atoms with Crippen molar-refractivity contribution in [2.75, 3.05) is 26.2 Å². The van der Waals surface area contributed by atoms with Crippen LogP contribution in [0.1, 0.15) is 0 Å². The van der Waals surface area contributed by atoms with E-state index >= 15 is 0 Å². The van der Waals surface area contributed by atoms with E-state index in [1.165, 1.54) is 4.31 Å². The van der Waals surface area contributed by atoms with E-state index < -0.39 is 10.0 Å². The van der Waals surface area contributed by atoms with Gasteiger partial charge >= 0.3 is 0 Å². The standard InChI is InChI=1S/C10H12BrClN2O2S/c11-8-2-1-3-9(12)10(8)17(15,16)14-6-4-13-5-7-14/h1-3,13H,4-7H2. The van der Waals surface area contributed by atoms with E-state index in [4.69, 9.17) is 11.6 Å². The van der Waals surface area contributed by atoms with Crippen LogP contribution < -0.4 is 5.32 Å². The second kappa shape index (κ2) is 5.24. The molecule has 0 saturated carbocycles. The average molecular weight is 340 g/mol. The van der Waals surface area contributed by atoms with Gasteiger partial charge in [0.25, 0.3) is 0 Å². The third-order valence-corrected chi connectivity index (χ3v) is 5.94. The molecule has 0 spiro atoms. The van der Waals surface area contributed by atoms with Crippen LogP contribution in [0.5, 0.6) is 0 Å². The Morgan fingerprint density at radius 2 is 1.94 bits per heavy atom. The molecule has 1 aromatic rings. The van der Waals surface area contributed by atoms with E-state index in [-0.39, 0.29) is 9.92 Å². The largest absolute Gasteiger partial charge is 0.314 e. The van der Waals surface area contributed by atoms with Gasteiger partial charge in [-0.05, 0) is 28.1 Å². The summed E-state index contributed by atoms with van der Waals surface area (Å²) in [5.74, 6) is 0. The Kier molecular flexibility index (Phi) is 4.10. The molecule has 7 heteroatoms. The molecule has 0 aromatic heterocycles. The molecule has 0 atom stereocenters. The zero-order valence-electron chi connectivity index (χ0n) is 8.99. The summed E-state index contributed by atoms with van der Waals surface area (Å²) < 4.78 is 26.8. The summed E-state index contributed by atoms with van der Waals surface area (Å²) >= 11 is 9.23. The minimum absolute atomic E-state index is 0.156. The van der Waals surface area contributed by atoms with Crippen LogP contribution in [-0.2, 0) is 10.0 Å². The van der Waals surface area contributed by atoms with Crippen molar-refractivity contribution in [3.8, 4) is 0 Å². The number of rotatable bonds is 2. The van der Waals surface area contributed by atoms with Crippen molar-refractivity contribution in [1.29, 1.82) is 0 Å². The van der Waals surface area contributed by atoms with E-state index in [1.807, 2.05) is 0 Å². The minimum Gasteiger partial charge on any atom is -0.314 e. The van der Waals surface area contributed by atoms with Crippen LogP contribution in [0.2, 0.25) is 5.02 Å². The Bertz CT molecular complexity index is 495. The first-order valence-corrected chi connectivity index (χ1v) is 7.79. The molecule has 94 valence electrons. The lowest BCUT2D eigenvalue weighted by atomic mass is 10.4. The number of nitrogens with one attached hydrogen (secondary N) is 1. The topological polar surface area (TPSA) is 49.4 Å². The fourth-order valence-electron chi connectivity index (χ4n) is 1.74. The Morgan fingerprint density at radius 1 is 1.29 bits per heavy atom. The molecule has 0 aliphatic carbocycles. The van der Waals surface area contributed by atoms with Gasteiger partial charge < -0.3 is 5.32 Å². The zero-order chi connectivity index (χ0) is 12.5. The Hall–Kier alpha value is -0.140. The number of halogens is 2. The van der Waals surface area contributed by atoms with Crippen LogP contribution in [0, 0.1) is 0 Å². The molecule has 0 unspecified atom stereocenters. The molecule has 0 radical (unpaired) electrons. The first-order valence-electron chi connectivity index (χ1n) is 5.18. The predicted molar refractivity (Wildman–Crippen MR) is 70.8 cm³/mol. The molecule has 1 N–H and O–H groups in total. The summed E-state index contributed by atoms with van der Waals surface area (Å²) in [6.45, 7) is 2.28. The summed E-state index contributed by atoms with van der Waals surface area (Å²) in [7, 11) is -3.51. The second-order valence-electron chi connectivity index (χ2n) is 3.70. The fourth-order valence-corrected chi connectivity index (χ4v) is 4.85. The molecule has 1 saturated heterocycles. The Balaban J connectivity index is 2.44. The molecule has 0 bridgehead atoms. The van der Waals surface area contributed by atoms with E-state index in [9.17, 15) is 8.42 Å². The van der Waals surface area contributed by atoms with Crippen LogP contribution in [0.3, 0.4) is 0 Å². The maximum atomic E-state index is 12.4. The molecule has 2 rings (SSSR count). The number of benzene rings is 1. The van der Waals surface area contributed by atoms with Gasteiger partial charge in [0.05, 0.1) is 5.02 Å². The van der Waals surface area contributed by atoms with Crippen molar-refractivity contribution in [3.63, 3.8) is 0 Å². The molecular formula is C10H12BrClN2O2S. The van der Waals surface area contributed by atoms with Crippen molar-refractivity contribution in [3.05, 3.63) is 27.7 Å². The van der Waals surface area contributed by atoms with Crippen LogP contribution in [0.4, 0.5) is 0 Å².